The smallest absolute Gasteiger partial charge is 0.344 e. The molecule has 7 heteroatoms. The van der Waals surface area contributed by atoms with Crippen molar-refractivity contribution in [3.8, 4) is 11.5 Å². The number of Topliss-reactive ketones (excluding diaryl/α,β-unsaturated/α-hetero) is 1. The number of nitrogens with one attached hydrogen (secondary N) is 1. The van der Waals surface area contributed by atoms with Gasteiger partial charge in [0.1, 0.15) is 0 Å². The van der Waals surface area contributed by atoms with E-state index in [1.165, 1.54) is 31.2 Å². The van der Waals surface area contributed by atoms with Crippen LogP contribution in [0.3, 0.4) is 0 Å². The molecule has 3 aromatic rings. The zero-order valence-electron chi connectivity index (χ0n) is 19.9. The predicted molar refractivity (Wildman–Crippen MR) is 132 cm³/mol. The number of hydrogen-bond acceptors (Lipinski definition) is 6. The van der Waals surface area contributed by atoms with Gasteiger partial charge in [0.2, 0.25) is 0 Å². The first-order valence-corrected chi connectivity index (χ1v) is 11.3. The van der Waals surface area contributed by atoms with Crippen molar-refractivity contribution in [1.29, 1.82) is 0 Å². The average Bonchev–Trinajstić information content (AvgIpc) is 2.89. The topological polar surface area (TPSA) is 90.9 Å². The van der Waals surface area contributed by atoms with E-state index < -0.39 is 19.2 Å². The zero-order chi connectivity index (χ0) is 25.0. The lowest BCUT2D eigenvalue weighted by molar-refractivity contribution is -0.150. The Bertz CT molecular complexity index is 1090. The summed E-state index contributed by atoms with van der Waals surface area (Å²) >= 11 is 0. The highest BCUT2D eigenvalue weighted by Gasteiger charge is 2.15. The predicted octanol–water partition coefficient (Wildman–Crippen LogP) is 4.16. The second-order valence-corrected chi connectivity index (χ2v) is 7.88. The fourth-order valence-electron chi connectivity index (χ4n) is 3.63. The van der Waals surface area contributed by atoms with Gasteiger partial charge in [-0.25, -0.2) is 4.79 Å². The number of ketones is 1. The fourth-order valence-corrected chi connectivity index (χ4v) is 3.63. The van der Waals surface area contributed by atoms with Crippen molar-refractivity contribution in [1.82, 2.24) is 5.32 Å². The molecule has 0 saturated carbocycles. The monoisotopic (exact) mass is 475 g/mol. The SMILES string of the molecule is COc1cc(C(C)=O)ccc1OCC(=O)OCC(=O)NCCC(c1ccccc1)c1ccccc1. The number of hydrogen-bond donors (Lipinski definition) is 1. The third-order valence-electron chi connectivity index (χ3n) is 5.44. The van der Waals surface area contributed by atoms with Gasteiger partial charge in [-0.15, -0.1) is 0 Å². The van der Waals surface area contributed by atoms with Crippen molar-refractivity contribution < 1.29 is 28.6 Å². The molecular weight excluding hydrogens is 446 g/mol. The molecule has 182 valence electrons. The van der Waals surface area contributed by atoms with Crippen molar-refractivity contribution in [2.75, 3.05) is 26.9 Å². The summed E-state index contributed by atoms with van der Waals surface area (Å²) in [6.45, 7) is 1.08. The Hall–Kier alpha value is -4.13. The van der Waals surface area contributed by atoms with Crippen LogP contribution < -0.4 is 14.8 Å². The molecule has 0 aliphatic heterocycles. The van der Waals surface area contributed by atoms with Crippen LogP contribution in [-0.2, 0) is 14.3 Å². The van der Waals surface area contributed by atoms with Gasteiger partial charge in [-0.05, 0) is 42.7 Å². The first-order valence-electron chi connectivity index (χ1n) is 11.3. The van der Waals surface area contributed by atoms with Crippen molar-refractivity contribution in [3.05, 3.63) is 95.6 Å². The standard InChI is InChI=1S/C28H29NO6/c1-20(30)23-13-14-25(26(17-23)33-2)34-19-28(32)35-18-27(31)29-16-15-24(21-9-5-3-6-10-21)22-11-7-4-8-12-22/h3-14,17,24H,15-16,18-19H2,1-2H3,(H,29,31). The van der Waals surface area contributed by atoms with E-state index >= 15 is 0 Å². The Morgan fingerprint density at radius 2 is 1.46 bits per heavy atom. The summed E-state index contributed by atoms with van der Waals surface area (Å²) in [6, 6.07) is 24.9. The summed E-state index contributed by atoms with van der Waals surface area (Å²) in [5.74, 6) is -0.426. The van der Waals surface area contributed by atoms with Crippen LogP contribution in [0.2, 0.25) is 0 Å². The highest BCUT2D eigenvalue weighted by Crippen LogP contribution is 2.28. The van der Waals surface area contributed by atoms with E-state index in [1.54, 1.807) is 12.1 Å². The molecule has 3 aromatic carbocycles. The molecule has 35 heavy (non-hydrogen) atoms. The Morgan fingerprint density at radius 3 is 2.03 bits per heavy atom. The summed E-state index contributed by atoms with van der Waals surface area (Å²) in [5, 5.41) is 2.81. The van der Waals surface area contributed by atoms with Crippen molar-refractivity contribution in [3.63, 3.8) is 0 Å². The van der Waals surface area contributed by atoms with Gasteiger partial charge in [0.25, 0.3) is 5.91 Å². The molecule has 0 spiro atoms. The summed E-state index contributed by atoms with van der Waals surface area (Å²) in [6.07, 6.45) is 0.701. The van der Waals surface area contributed by atoms with Crippen LogP contribution in [-0.4, -0.2) is 44.5 Å². The normalized spacial score (nSPS) is 10.5. The number of amides is 1. The number of benzene rings is 3. The largest absolute Gasteiger partial charge is 0.493 e. The maximum absolute atomic E-state index is 12.2. The molecule has 0 atom stereocenters. The molecular formula is C28H29NO6. The van der Waals surface area contributed by atoms with Gasteiger partial charge in [0.15, 0.2) is 30.5 Å². The van der Waals surface area contributed by atoms with E-state index in [0.717, 1.165) is 0 Å². The van der Waals surface area contributed by atoms with Crippen molar-refractivity contribution in [2.24, 2.45) is 0 Å². The van der Waals surface area contributed by atoms with Gasteiger partial charge in [-0.3, -0.25) is 9.59 Å². The highest BCUT2D eigenvalue weighted by molar-refractivity contribution is 5.94. The van der Waals surface area contributed by atoms with Gasteiger partial charge in [0, 0.05) is 18.0 Å². The second-order valence-electron chi connectivity index (χ2n) is 7.88. The maximum atomic E-state index is 12.2. The van der Waals surface area contributed by atoms with Crippen LogP contribution in [0.25, 0.3) is 0 Å². The number of esters is 1. The summed E-state index contributed by atoms with van der Waals surface area (Å²) in [5.41, 5.74) is 2.81. The minimum Gasteiger partial charge on any atom is -0.493 e. The Labute approximate surface area is 205 Å². The Morgan fingerprint density at radius 1 is 0.829 bits per heavy atom. The van der Waals surface area contributed by atoms with Gasteiger partial charge in [0.05, 0.1) is 7.11 Å². The lowest BCUT2D eigenvalue weighted by atomic mass is 9.88. The number of carbonyl (C=O) groups is 3. The molecule has 0 aliphatic carbocycles. The summed E-state index contributed by atoms with van der Waals surface area (Å²) in [4.78, 5) is 35.7. The van der Waals surface area contributed by atoms with Crippen LogP contribution in [0.4, 0.5) is 0 Å². The molecule has 3 rings (SSSR count). The molecule has 0 unspecified atom stereocenters. The van der Waals surface area contributed by atoms with E-state index in [2.05, 4.69) is 29.6 Å². The van der Waals surface area contributed by atoms with E-state index in [4.69, 9.17) is 14.2 Å². The Balaban J connectivity index is 1.44. The second kappa shape index (κ2) is 12.9. The van der Waals surface area contributed by atoms with Crippen LogP contribution in [0, 0.1) is 0 Å². The third kappa shape index (κ3) is 7.71. The minimum atomic E-state index is -0.690. The molecule has 0 fully saturated rings. The van der Waals surface area contributed by atoms with E-state index in [0.29, 0.717) is 30.0 Å². The van der Waals surface area contributed by atoms with Gasteiger partial charge < -0.3 is 19.5 Å². The van der Waals surface area contributed by atoms with Gasteiger partial charge >= 0.3 is 5.97 Å². The average molecular weight is 476 g/mol. The minimum absolute atomic E-state index is 0.112. The molecule has 0 bridgehead atoms. The van der Waals surface area contributed by atoms with Gasteiger partial charge in [-0.1, -0.05) is 60.7 Å². The maximum Gasteiger partial charge on any atom is 0.344 e. The van der Waals surface area contributed by atoms with E-state index in [1.807, 2.05) is 36.4 Å². The van der Waals surface area contributed by atoms with Crippen molar-refractivity contribution >= 4 is 17.7 Å². The lowest BCUT2D eigenvalue weighted by Gasteiger charge is -2.18. The highest BCUT2D eigenvalue weighted by atomic mass is 16.6. The summed E-state index contributed by atoms with van der Waals surface area (Å²) in [7, 11) is 1.44. The molecule has 0 saturated heterocycles. The lowest BCUT2D eigenvalue weighted by Crippen LogP contribution is -2.31. The molecule has 1 amide bonds. The number of carbonyl (C=O) groups excluding carboxylic acids is 3. The van der Waals surface area contributed by atoms with Crippen LogP contribution in [0.15, 0.2) is 78.9 Å². The van der Waals surface area contributed by atoms with Crippen LogP contribution in [0.5, 0.6) is 11.5 Å². The van der Waals surface area contributed by atoms with Gasteiger partial charge in [-0.2, -0.15) is 0 Å². The Kier molecular flexibility index (Phi) is 9.42. The molecule has 0 radical (unpaired) electrons. The van der Waals surface area contributed by atoms with E-state index in [9.17, 15) is 14.4 Å². The zero-order valence-corrected chi connectivity index (χ0v) is 19.9. The first-order chi connectivity index (χ1) is 17.0. The number of methoxy groups -OCH3 is 1. The van der Waals surface area contributed by atoms with Crippen molar-refractivity contribution in [2.45, 2.75) is 19.3 Å². The molecule has 0 heterocycles. The molecule has 0 aliphatic rings. The van der Waals surface area contributed by atoms with E-state index in [-0.39, 0.29) is 17.6 Å². The summed E-state index contributed by atoms with van der Waals surface area (Å²) < 4.78 is 15.6. The van der Waals surface area contributed by atoms with Crippen LogP contribution >= 0.6 is 0 Å². The van der Waals surface area contributed by atoms with Crippen LogP contribution in [0.1, 0.15) is 40.7 Å². The number of rotatable bonds is 12. The first kappa shape index (κ1) is 25.5. The molecule has 0 aromatic heterocycles. The molecule has 1 N–H and O–H groups in total. The third-order valence-corrected chi connectivity index (χ3v) is 5.44. The molecule has 7 nitrogen and oxygen atoms in total. The fraction of sp³-hybridized carbons (Fsp3) is 0.250. The number of ether oxygens (including phenoxy) is 3. The quantitative estimate of drug-likeness (QED) is 0.313.